The van der Waals surface area contributed by atoms with Crippen LogP contribution in [0.5, 0.6) is 0 Å². The van der Waals surface area contributed by atoms with Gasteiger partial charge in [0.1, 0.15) is 6.04 Å². The second-order valence-electron chi connectivity index (χ2n) is 6.35. The molecule has 6 nitrogen and oxygen atoms in total. The van der Waals surface area contributed by atoms with Crippen LogP contribution in [0.2, 0.25) is 0 Å². The van der Waals surface area contributed by atoms with Gasteiger partial charge in [0, 0.05) is 0 Å². The summed E-state index contributed by atoms with van der Waals surface area (Å²) in [6, 6.07) is 1.02. The highest BCUT2D eigenvalue weighted by atomic mass is 32.2. The van der Waals surface area contributed by atoms with E-state index in [0.29, 0.717) is 12.8 Å². The largest absolute Gasteiger partial charge is 0.480 e. The van der Waals surface area contributed by atoms with Gasteiger partial charge in [0.25, 0.3) is 0 Å². The first-order valence-electron chi connectivity index (χ1n) is 7.34. The summed E-state index contributed by atoms with van der Waals surface area (Å²) < 4.78 is 26.7. The van der Waals surface area contributed by atoms with Crippen molar-refractivity contribution in [2.75, 3.05) is 5.75 Å². The minimum Gasteiger partial charge on any atom is -0.480 e. The third-order valence-corrected chi connectivity index (χ3v) is 5.42. The van der Waals surface area contributed by atoms with Gasteiger partial charge in [-0.3, -0.25) is 4.79 Å². The summed E-state index contributed by atoms with van der Waals surface area (Å²) in [4.78, 5) is 11.2. The number of hydrogen-bond acceptors (Lipinski definition) is 4. The van der Waals surface area contributed by atoms with Crippen LogP contribution >= 0.6 is 0 Å². The lowest BCUT2D eigenvalue weighted by Crippen LogP contribution is -2.45. The summed E-state index contributed by atoms with van der Waals surface area (Å²) in [5.41, 5.74) is -0.870. The Labute approximate surface area is 126 Å². The third kappa shape index (κ3) is 5.64. The molecule has 0 aromatic rings. The van der Waals surface area contributed by atoms with Crippen LogP contribution in [-0.2, 0) is 14.8 Å². The molecule has 0 spiro atoms. The zero-order valence-corrected chi connectivity index (χ0v) is 13.4. The van der Waals surface area contributed by atoms with Crippen molar-refractivity contribution in [3.05, 3.63) is 0 Å². The molecule has 1 aliphatic rings. The Hall–Kier alpha value is -1.13. The molecule has 0 amide bonds. The predicted molar refractivity (Wildman–Crippen MR) is 78.9 cm³/mol. The Bertz CT molecular complexity index is 502. The molecule has 1 rings (SSSR count). The van der Waals surface area contributed by atoms with Gasteiger partial charge in [0.15, 0.2) is 0 Å². The number of aliphatic carboxylic acids is 1. The zero-order valence-electron chi connectivity index (χ0n) is 12.6. The summed E-state index contributed by atoms with van der Waals surface area (Å²) in [5, 5.41) is 18.5. The fraction of sp³-hybridized carbons (Fsp3) is 0.857. The van der Waals surface area contributed by atoms with Crippen LogP contribution in [0.25, 0.3) is 0 Å². The molecular weight excluding hydrogens is 292 g/mol. The van der Waals surface area contributed by atoms with Gasteiger partial charge in [-0.2, -0.15) is 5.26 Å². The van der Waals surface area contributed by atoms with E-state index >= 15 is 0 Å². The summed E-state index contributed by atoms with van der Waals surface area (Å²) in [6.07, 6.45) is 4.06. The Morgan fingerprint density at radius 3 is 2.33 bits per heavy atom. The van der Waals surface area contributed by atoms with Crippen LogP contribution in [0, 0.1) is 22.7 Å². The number of sulfonamides is 1. The lowest BCUT2D eigenvalue weighted by molar-refractivity contribution is -0.139. The Morgan fingerprint density at radius 1 is 1.33 bits per heavy atom. The maximum atomic E-state index is 12.2. The standard InChI is InChI=1S/C14H24N2O4S/c1-11(2)8-12(13(17)18)16-21(19,20)10-14(9-15)6-4-3-5-7-14/h11-12,16H,3-8,10H2,1-2H3,(H,17,18)/t12-/m0/s1. The average Bonchev–Trinajstić information content (AvgIpc) is 2.37. The molecule has 0 radical (unpaired) electrons. The monoisotopic (exact) mass is 316 g/mol. The second kappa shape index (κ2) is 7.23. The topological polar surface area (TPSA) is 107 Å². The van der Waals surface area contributed by atoms with E-state index in [9.17, 15) is 18.5 Å². The molecule has 7 heteroatoms. The van der Waals surface area contributed by atoms with Crippen molar-refractivity contribution >= 4 is 16.0 Å². The SMILES string of the molecule is CC(C)C[C@H](NS(=O)(=O)CC1(C#N)CCCCC1)C(=O)O. The minimum atomic E-state index is -3.79. The molecule has 0 heterocycles. The normalized spacial score (nSPS) is 19.9. The van der Waals surface area contributed by atoms with Crippen molar-refractivity contribution in [2.24, 2.45) is 11.3 Å². The van der Waals surface area contributed by atoms with E-state index in [4.69, 9.17) is 5.11 Å². The molecule has 2 N–H and O–H groups in total. The van der Waals surface area contributed by atoms with E-state index in [2.05, 4.69) is 10.8 Å². The molecule has 1 saturated carbocycles. The van der Waals surface area contributed by atoms with Gasteiger partial charge in [-0.25, -0.2) is 13.1 Å². The quantitative estimate of drug-likeness (QED) is 0.745. The molecule has 0 aromatic heterocycles. The molecule has 0 bridgehead atoms. The fourth-order valence-electron chi connectivity index (χ4n) is 2.81. The molecule has 120 valence electrons. The minimum absolute atomic E-state index is 0.0633. The van der Waals surface area contributed by atoms with Crippen LogP contribution in [0.1, 0.15) is 52.4 Å². The van der Waals surface area contributed by atoms with Crippen LogP contribution < -0.4 is 4.72 Å². The van der Waals surface area contributed by atoms with Gasteiger partial charge in [-0.15, -0.1) is 0 Å². The van der Waals surface area contributed by atoms with Crippen molar-refractivity contribution < 1.29 is 18.3 Å². The number of carboxylic acid groups (broad SMARTS) is 1. The highest BCUT2D eigenvalue weighted by molar-refractivity contribution is 7.89. The van der Waals surface area contributed by atoms with Gasteiger partial charge >= 0.3 is 5.97 Å². The molecule has 0 unspecified atom stereocenters. The first kappa shape index (κ1) is 17.9. The van der Waals surface area contributed by atoms with Gasteiger partial charge in [0.05, 0.1) is 17.2 Å². The van der Waals surface area contributed by atoms with E-state index in [1.807, 2.05) is 13.8 Å². The second-order valence-corrected chi connectivity index (χ2v) is 8.10. The number of rotatable bonds is 7. The van der Waals surface area contributed by atoms with Crippen LogP contribution in [-0.4, -0.2) is 31.3 Å². The van der Waals surface area contributed by atoms with Gasteiger partial charge in [-0.1, -0.05) is 33.1 Å². The van der Waals surface area contributed by atoms with Crippen molar-refractivity contribution in [3.63, 3.8) is 0 Å². The van der Waals surface area contributed by atoms with E-state index in [-0.39, 0.29) is 18.1 Å². The van der Waals surface area contributed by atoms with E-state index < -0.39 is 27.4 Å². The highest BCUT2D eigenvalue weighted by Crippen LogP contribution is 2.36. The van der Waals surface area contributed by atoms with E-state index in [1.165, 1.54) is 0 Å². The van der Waals surface area contributed by atoms with Crippen molar-refractivity contribution in [3.8, 4) is 6.07 Å². The molecule has 1 aliphatic carbocycles. The highest BCUT2D eigenvalue weighted by Gasteiger charge is 2.38. The maximum absolute atomic E-state index is 12.2. The number of nitrogens with one attached hydrogen (secondary N) is 1. The average molecular weight is 316 g/mol. The predicted octanol–water partition coefficient (Wildman–Crippen LogP) is 1.88. The number of hydrogen-bond donors (Lipinski definition) is 2. The lowest BCUT2D eigenvalue weighted by Gasteiger charge is -2.30. The lowest BCUT2D eigenvalue weighted by atomic mass is 9.77. The molecule has 0 saturated heterocycles. The van der Waals surface area contributed by atoms with E-state index in [0.717, 1.165) is 19.3 Å². The number of carboxylic acids is 1. The third-order valence-electron chi connectivity index (χ3n) is 3.84. The van der Waals surface area contributed by atoms with Gasteiger partial charge < -0.3 is 5.11 Å². The van der Waals surface area contributed by atoms with Crippen LogP contribution in [0.15, 0.2) is 0 Å². The van der Waals surface area contributed by atoms with Crippen LogP contribution in [0.4, 0.5) is 0 Å². The number of carbonyl (C=O) groups is 1. The molecule has 1 fully saturated rings. The Kier molecular flexibility index (Phi) is 6.17. The van der Waals surface area contributed by atoms with Crippen molar-refractivity contribution in [2.45, 2.75) is 58.4 Å². The molecule has 1 atom stereocenters. The Balaban J connectivity index is 2.80. The smallest absolute Gasteiger partial charge is 0.321 e. The molecule has 0 aromatic carbocycles. The summed E-state index contributed by atoms with van der Waals surface area (Å²) >= 11 is 0. The fourth-order valence-corrected chi connectivity index (χ4v) is 4.60. The van der Waals surface area contributed by atoms with Crippen molar-refractivity contribution in [1.82, 2.24) is 4.72 Å². The number of nitriles is 1. The van der Waals surface area contributed by atoms with Crippen molar-refractivity contribution in [1.29, 1.82) is 5.26 Å². The summed E-state index contributed by atoms with van der Waals surface area (Å²) in [5.74, 6) is -1.42. The maximum Gasteiger partial charge on any atom is 0.321 e. The summed E-state index contributed by atoms with van der Waals surface area (Å²) in [6.45, 7) is 3.67. The number of nitrogens with zero attached hydrogens (tertiary/aromatic N) is 1. The first-order valence-corrected chi connectivity index (χ1v) is 8.99. The Morgan fingerprint density at radius 2 is 1.90 bits per heavy atom. The summed E-state index contributed by atoms with van der Waals surface area (Å²) in [7, 11) is -3.79. The first-order chi connectivity index (χ1) is 9.70. The molecule has 21 heavy (non-hydrogen) atoms. The zero-order chi connectivity index (χ0) is 16.1. The van der Waals surface area contributed by atoms with Crippen LogP contribution in [0.3, 0.4) is 0 Å². The molecule has 0 aliphatic heterocycles. The molecular formula is C14H24N2O4S. The van der Waals surface area contributed by atoms with E-state index in [1.54, 1.807) is 0 Å². The van der Waals surface area contributed by atoms with Gasteiger partial charge in [-0.05, 0) is 25.2 Å². The van der Waals surface area contributed by atoms with Gasteiger partial charge in [0.2, 0.25) is 10.0 Å².